The molecule has 0 radical (unpaired) electrons. The number of fused-ring (bicyclic) bond motifs is 3. The van der Waals surface area contributed by atoms with Crippen molar-refractivity contribution < 1.29 is 9.59 Å². The summed E-state index contributed by atoms with van der Waals surface area (Å²) in [6.45, 7) is 2.44. The Hall–Kier alpha value is -2.65. The topological polar surface area (TPSA) is 93.1 Å². The highest BCUT2D eigenvalue weighted by Gasteiger charge is 2.23. The molecule has 0 saturated carbocycles. The van der Waals surface area contributed by atoms with E-state index < -0.39 is 11.9 Å². The lowest BCUT2D eigenvalue weighted by Gasteiger charge is -2.13. The Balaban J connectivity index is 1.68. The van der Waals surface area contributed by atoms with Gasteiger partial charge in [-0.3, -0.25) is 19.5 Å². The fourth-order valence-corrected chi connectivity index (χ4v) is 5.78. The SMILES string of the molecule is CCCNC(=O)NC(=O)CSc1nc2sc3c(c2c(=O)n1-c1ccccc1)CCCC3. The first-order chi connectivity index (χ1) is 15.1. The molecular weight excluding hydrogens is 432 g/mol. The van der Waals surface area contributed by atoms with Gasteiger partial charge >= 0.3 is 6.03 Å². The van der Waals surface area contributed by atoms with Crippen molar-refractivity contribution in [2.75, 3.05) is 12.3 Å². The van der Waals surface area contributed by atoms with Crippen molar-refractivity contribution in [1.29, 1.82) is 0 Å². The van der Waals surface area contributed by atoms with E-state index >= 15 is 0 Å². The third-order valence-electron chi connectivity index (χ3n) is 5.09. The van der Waals surface area contributed by atoms with Crippen LogP contribution in [0.3, 0.4) is 0 Å². The number of carbonyl (C=O) groups excluding carboxylic acids is 2. The van der Waals surface area contributed by atoms with Crippen molar-refractivity contribution in [1.82, 2.24) is 20.2 Å². The number of para-hydroxylation sites is 1. The molecule has 0 saturated heterocycles. The third-order valence-corrected chi connectivity index (χ3v) is 7.22. The molecule has 0 bridgehead atoms. The van der Waals surface area contributed by atoms with Crippen molar-refractivity contribution in [3.63, 3.8) is 0 Å². The molecule has 1 aliphatic rings. The van der Waals surface area contributed by atoms with E-state index in [2.05, 4.69) is 10.6 Å². The Bertz CT molecular complexity index is 1170. The number of thioether (sulfide) groups is 1. The van der Waals surface area contributed by atoms with Gasteiger partial charge in [-0.05, 0) is 49.8 Å². The summed E-state index contributed by atoms with van der Waals surface area (Å²) in [5.41, 5.74) is 1.75. The second kappa shape index (κ2) is 9.65. The maximum Gasteiger partial charge on any atom is 0.321 e. The molecule has 0 aliphatic heterocycles. The summed E-state index contributed by atoms with van der Waals surface area (Å²) in [6, 6.07) is 8.83. The van der Waals surface area contributed by atoms with Crippen molar-refractivity contribution in [2.24, 2.45) is 0 Å². The van der Waals surface area contributed by atoms with Crippen LogP contribution >= 0.6 is 23.1 Å². The molecule has 0 unspecified atom stereocenters. The molecule has 4 rings (SSSR count). The van der Waals surface area contributed by atoms with E-state index in [9.17, 15) is 14.4 Å². The Morgan fingerprint density at radius 2 is 1.97 bits per heavy atom. The summed E-state index contributed by atoms with van der Waals surface area (Å²) < 4.78 is 1.58. The zero-order valence-electron chi connectivity index (χ0n) is 17.3. The number of aromatic nitrogens is 2. The molecule has 0 atom stereocenters. The molecule has 2 N–H and O–H groups in total. The molecule has 9 heteroatoms. The minimum Gasteiger partial charge on any atom is -0.338 e. The lowest BCUT2D eigenvalue weighted by atomic mass is 9.97. The molecular formula is C22H24N4O3S2. The maximum absolute atomic E-state index is 13.6. The van der Waals surface area contributed by atoms with Gasteiger partial charge < -0.3 is 5.32 Å². The predicted octanol–water partition coefficient (Wildman–Crippen LogP) is 3.65. The molecule has 2 heterocycles. The molecule has 3 aromatic rings. The first-order valence-electron chi connectivity index (χ1n) is 10.4. The molecule has 2 aromatic heterocycles. The summed E-state index contributed by atoms with van der Waals surface area (Å²) in [6.07, 6.45) is 4.89. The highest BCUT2D eigenvalue weighted by molar-refractivity contribution is 7.99. The predicted molar refractivity (Wildman–Crippen MR) is 124 cm³/mol. The highest BCUT2D eigenvalue weighted by Crippen LogP contribution is 2.35. The fourth-order valence-electron chi connectivity index (χ4n) is 3.66. The third kappa shape index (κ3) is 4.67. The van der Waals surface area contributed by atoms with Crippen LogP contribution < -0.4 is 16.2 Å². The first kappa shape index (κ1) is 21.6. The molecule has 1 aliphatic carbocycles. The average Bonchev–Trinajstić information content (AvgIpc) is 3.15. The summed E-state index contributed by atoms with van der Waals surface area (Å²) in [7, 11) is 0. The van der Waals surface area contributed by atoms with Gasteiger partial charge in [0, 0.05) is 11.4 Å². The Morgan fingerprint density at radius 3 is 2.74 bits per heavy atom. The van der Waals surface area contributed by atoms with E-state index in [0.29, 0.717) is 22.8 Å². The number of aryl methyl sites for hydroxylation is 2. The Labute approximate surface area is 188 Å². The van der Waals surface area contributed by atoms with E-state index in [0.717, 1.165) is 54.3 Å². The summed E-state index contributed by atoms with van der Waals surface area (Å²) in [4.78, 5) is 44.3. The summed E-state index contributed by atoms with van der Waals surface area (Å²) in [5.74, 6) is -0.451. The summed E-state index contributed by atoms with van der Waals surface area (Å²) in [5, 5.41) is 6.08. The highest BCUT2D eigenvalue weighted by atomic mass is 32.2. The smallest absolute Gasteiger partial charge is 0.321 e. The number of urea groups is 1. The van der Waals surface area contributed by atoms with Crippen LogP contribution in [0.2, 0.25) is 0 Å². The Morgan fingerprint density at radius 1 is 1.19 bits per heavy atom. The van der Waals surface area contributed by atoms with E-state index in [4.69, 9.17) is 4.98 Å². The van der Waals surface area contributed by atoms with Crippen molar-refractivity contribution in [3.05, 3.63) is 51.1 Å². The minimum atomic E-state index is -0.512. The fraction of sp³-hybridized carbons (Fsp3) is 0.364. The molecule has 0 spiro atoms. The van der Waals surface area contributed by atoms with Gasteiger partial charge in [-0.1, -0.05) is 36.9 Å². The van der Waals surface area contributed by atoms with E-state index in [1.165, 1.54) is 4.88 Å². The van der Waals surface area contributed by atoms with E-state index in [-0.39, 0.29) is 11.3 Å². The number of rotatable bonds is 6. The molecule has 0 fully saturated rings. The zero-order valence-corrected chi connectivity index (χ0v) is 18.9. The Kier molecular flexibility index (Phi) is 6.72. The van der Waals surface area contributed by atoms with Gasteiger partial charge in [0.15, 0.2) is 5.16 Å². The number of hydrogen-bond donors (Lipinski definition) is 2. The lowest BCUT2D eigenvalue weighted by molar-refractivity contribution is -0.117. The van der Waals surface area contributed by atoms with Crippen LogP contribution in [0, 0.1) is 0 Å². The number of carbonyl (C=O) groups is 2. The van der Waals surface area contributed by atoms with Gasteiger partial charge in [0.2, 0.25) is 5.91 Å². The monoisotopic (exact) mass is 456 g/mol. The van der Waals surface area contributed by atoms with Crippen LogP contribution in [0.25, 0.3) is 15.9 Å². The second-order valence-corrected chi connectivity index (χ2v) is 9.38. The number of amides is 3. The summed E-state index contributed by atoms with van der Waals surface area (Å²) >= 11 is 2.74. The van der Waals surface area contributed by atoms with Crippen molar-refractivity contribution >= 4 is 45.3 Å². The van der Waals surface area contributed by atoms with Crippen LogP contribution in [0.5, 0.6) is 0 Å². The van der Waals surface area contributed by atoms with Gasteiger partial charge in [0.1, 0.15) is 4.83 Å². The molecule has 7 nitrogen and oxygen atoms in total. The van der Waals surface area contributed by atoms with E-state index in [1.807, 2.05) is 37.3 Å². The van der Waals surface area contributed by atoms with Crippen molar-refractivity contribution in [3.8, 4) is 5.69 Å². The number of thiophene rings is 1. The van der Waals surface area contributed by atoms with E-state index in [1.54, 1.807) is 15.9 Å². The number of hydrogen-bond acceptors (Lipinski definition) is 6. The molecule has 162 valence electrons. The molecule has 3 amide bonds. The van der Waals surface area contributed by atoms with Crippen LogP contribution in [0.1, 0.15) is 36.6 Å². The molecule has 1 aromatic carbocycles. The normalized spacial score (nSPS) is 13.1. The van der Waals surface area contributed by atoms with Crippen molar-refractivity contribution in [2.45, 2.75) is 44.2 Å². The van der Waals surface area contributed by atoms with Gasteiger partial charge in [-0.2, -0.15) is 0 Å². The number of benzene rings is 1. The largest absolute Gasteiger partial charge is 0.338 e. The quantitative estimate of drug-likeness (QED) is 0.436. The van der Waals surface area contributed by atoms with Gasteiger partial charge in [-0.15, -0.1) is 11.3 Å². The minimum absolute atomic E-state index is 0.0184. The average molecular weight is 457 g/mol. The maximum atomic E-state index is 13.6. The first-order valence-corrected chi connectivity index (χ1v) is 12.2. The van der Waals surface area contributed by atoms with Crippen LogP contribution in [-0.4, -0.2) is 33.8 Å². The second-order valence-electron chi connectivity index (χ2n) is 7.35. The molecule has 31 heavy (non-hydrogen) atoms. The van der Waals surface area contributed by atoms with Crippen LogP contribution in [-0.2, 0) is 17.6 Å². The van der Waals surface area contributed by atoms with Gasteiger partial charge in [0.25, 0.3) is 5.56 Å². The standard InChI is InChI=1S/C22H24N4O3S2/c1-2-12-23-21(29)24-17(27)13-30-22-25-19-18(15-10-6-7-11-16(15)31-19)20(28)26(22)14-8-4-3-5-9-14/h3-5,8-9H,2,6-7,10-13H2,1H3,(H2,23,24,27,29). The number of nitrogens with zero attached hydrogens (tertiary/aromatic N) is 2. The number of nitrogens with one attached hydrogen (secondary N) is 2. The lowest BCUT2D eigenvalue weighted by Crippen LogP contribution is -2.40. The zero-order chi connectivity index (χ0) is 21.8. The van der Waals surface area contributed by atoms with Crippen LogP contribution in [0.15, 0.2) is 40.3 Å². The van der Waals surface area contributed by atoms with Crippen LogP contribution in [0.4, 0.5) is 4.79 Å². The van der Waals surface area contributed by atoms with Gasteiger partial charge in [0.05, 0.1) is 16.8 Å². The number of imide groups is 1. The van der Waals surface area contributed by atoms with Gasteiger partial charge in [-0.25, -0.2) is 9.78 Å².